The van der Waals surface area contributed by atoms with Crippen molar-refractivity contribution in [1.29, 1.82) is 0 Å². The molecule has 0 bridgehead atoms. The Morgan fingerprint density at radius 2 is 1.84 bits per heavy atom. The minimum Gasteiger partial charge on any atom is -0.363 e. The van der Waals surface area contributed by atoms with E-state index in [1.54, 1.807) is 0 Å². The van der Waals surface area contributed by atoms with Gasteiger partial charge in [0.15, 0.2) is 0 Å². The molecule has 0 aliphatic heterocycles. The van der Waals surface area contributed by atoms with Crippen LogP contribution < -0.4 is 15.9 Å². The molecule has 1 aromatic heterocycles. The van der Waals surface area contributed by atoms with Crippen LogP contribution >= 0.6 is 0 Å². The van der Waals surface area contributed by atoms with E-state index in [4.69, 9.17) is 0 Å². The molecule has 0 radical (unpaired) electrons. The van der Waals surface area contributed by atoms with Crippen LogP contribution in [-0.4, -0.2) is 29.0 Å². The first-order valence-electron chi connectivity index (χ1n) is 8.38. The molecule has 0 spiro atoms. The number of anilines is 1. The second kappa shape index (κ2) is 7.25. The molecule has 3 rings (SSSR count). The summed E-state index contributed by atoms with van der Waals surface area (Å²) >= 11 is 0. The van der Waals surface area contributed by atoms with Gasteiger partial charge in [-0.1, -0.05) is 24.3 Å². The fraction of sp³-hybridized carbons (Fsp3) is 0.263. The Morgan fingerprint density at radius 3 is 2.56 bits per heavy atom. The molecule has 0 aliphatic carbocycles. The predicted octanol–water partition coefficient (Wildman–Crippen LogP) is 2.56. The van der Waals surface area contributed by atoms with Gasteiger partial charge in [0.25, 0.3) is 0 Å². The summed E-state index contributed by atoms with van der Waals surface area (Å²) in [5.74, 6) is -0.0409. The fourth-order valence-electron chi connectivity index (χ4n) is 2.89. The Bertz CT molecular complexity index is 914. The highest BCUT2D eigenvalue weighted by molar-refractivity contribution is 5.82. The van der Waals surface area contributed by atoms with Crippen LogP contribution in [0.4, 0.5) is 5.69 Å². The number of imidazole rings is 1. The molecular weight excluding hydrogens is 316 g/mol. The number of para-hydroxylation sites is 1. The first kappa shape index (κ1) is 16.8. The first-order valence-corrected chi connectivity index (χ1v) is 8.38. The monoisotopic (exact) mass is 338 g/mol. The van der Waals surface area contributed by atoms with Gasteiger partial charge in [0, 0.05) is 12.2 Å². The lowest BCUT2D eigenvalue weighted by Crippen LogP contribution is -2.38. The van der Waals surface area contributed by atoms with Crippen LogP contribution in [0.3, 0.4) is 0 Å². The highest BCUT2D eigenvalue weighted by Crippen LogP contribution is 2.17. The maximum atomic E-state index is 12.4. The zero-order valence-electron chi connectivity index (χ0n) is 14.4. The molecule has 6 nitrogen and oxygen atoms in total. The average molecular weight is 338 g/mol. The Morgan fingerprint density at radius 1 is 1.12 bits per heavy atom. The zero-order chi connectivity index (χ0) is 17.8. The van der Waals surface area contributed by atoms with Crippen LogP contribution in [-0.2, 0) is 4.79 Å². The molecule has 0 aliphatic rings. The maximum absolute atomic E-state index is 12.4. The van der Waals surface area contributed by atoms with Gasteiger partial charge in [-0.05, 0) is 43.7 Å². The summed E-state index contributed by atoms with van der Waals surface area (Å²) in [5, 5.41) is 3.02. The Balaban J connectivity index is 1.67. The minimum absolute atomic E-state index is 0.0409. The van der Waals surface area contributed by atoms with Gasteiger partial charge in [-0.2, -0.15) is 0 Å². The quantitative estimate of drug-likeness (QED) is 0.646. The van der Waals surface area contributed by atoms with Gasteiger partial charge in [0.2, 0.25) is 5.91 Å². The SMILES string of the molecule is CCN(CC(=O)N[C@@H](C)c1ccc2[nH]c(=O)[nH]c2c1)c1ccccc1. The van der Waals surface area contributed by atoms with E-state index in [-0.39, 0.29) is 17.6 Å². The van der Waals surface area contributed by atoms with Gasteiger partial charge in [0.1, 0.15) is 0 Å². The molecule has 0 saturated heterocycles. The summed E-state index contributed by atoms with van der Waals surface area (Å²) in [6, 6.07) is 15.4. The van der Waals surface area contributed by atoms with Crippen molar-refractivity contribution < 1.29 is 4.79 Å². The smallest absolute Gasteiger partial charge is 0.323 e. The number of nitrogens with one attached hydrogen (secondary N) is 3. The molecule has 25 heavy (non-hydrogen) atoms. The van der Waals surface area contributed by atoms with Crippen molar-refractivity contribution in [2.24, 2.45) is 0 Å². The van der Waals surface area contributed by atoms with Gasteiger partial charge in [-0.25, -0.2) is 4.79 Å². The number of benzene rings is 2. The predicted molar refractivity (Wildman–Crippen MR) is 99.8 cm³/mol. The minimum atomic E-state index is -0.231. The van der Waals surface area contributed by atoms with Crippen molar-refractivity contribution in [3.63, 3.8) is 0 Å². The highest BCUT2D eigenvalue weighted by atomic mass is 16.2. The van der Waals surface area contributed by atoms with Crippen molar-refractivity contribution in [2.45, 2.75) is 19.9 Å². The first-order chi connectivity index (χ1) is 12.1. The van der Waals surface area contributed by atoms with E-state index < -0.39 is 0 Å². The van der Waals surface area contributed by atoms with E-state index in [1.807, 2.05) is 67.3 Å². The molecule has 6 heteroatoms. The van der Waals surface area contributed by atoms with Crippen molar-refractivity contribution in [3.8, 4) is 0 Å². The number of nitrogens with zero attached hydrogens (tertiary/aromatic N) is 1. The van der Waals surface area contributed by atoms with Gasteiger partial charge < -0.3 is 20.2 Å². The van der Waals surface area contributed by atoms with E-state index in [0.717, 1.165) is 28.8 Å². The molecule has 130 valence electrons. The molecular formula is C19H22N4O2. The molecule has 3 N–H and O–H groups in total. The second-order valence-electron chi connectivity index (χ2n) is 6.02. The normalized spacial score (nSPS) is 12.1. The third kappa shape index (κ3) is 3.91. The summed E-state index contributed by atoms with van der Waals surface area (Å²) < 4.78 is 0. The lowest BCUT2D eigenvalue weighted by Gasteiger charge is -2.23. The number of hydrogen-bond donors (Lipinski definition) is 3. The Hall–Kier alpha value is -3.02. The number of carbonyl (C=O) groups is 1. The number of aromatic amines is 2. The molecule has 3 aromatic rings. The number of carbonyl (C=O) groups excluding carboxylic acids is 1. The lowest BCUT2D eigenvalue weighted by molar-refractivity contribution is -0.120. The molecule has 1 atom stereocenters. The molecule has 0 unspecified atom stereocenters. The van der Waals surface area contributed by atoms with Crippen LogP contribution in [0.1, 0.15) is 25.5 Å². The van der Waals surface area contributed by atoms with E-state index in [0.29, 0.717) is 6.54 Å². The Labute approximate surface area is 145 Å². The number of likely N-dealkylation sites (N-methyl/N-ethyl adjacent to an activating group) is 1. The fourth-order valence-corrected chi connectivity index (χ4v) is 2.89. The summed E-state index contributed by atoms with van der Waals surface area (Å²) in [6.45, 7) is 5.01. The van der Waals surface area contributed by atoms with Crippen molar-refractivity contribution in [2.75, 3.05) is 18.0 Å². The topological polar surface area (TPSA) is 81.0 Å². The largest absolute Gasteiger partial charge is 0.363 e. The van der Waals surface area contributed by atoms with Crippen molar-refractivity contribution >= 4 is 22.6 Å². The average Bonchev–Trinajstić information content (AvgIpc) is 2.99. The number of fused-ring (bicyclic) bond motifs is 1. The number of rotatable bonds is 6. The molecule has 1 amide bonds. The van der Waals surface area contributed by atoms with Crippen LogP contribution in [0, 0.1) is 0 Å². The Kier molecular flexibility index (Phi) is 4.88. The van der Waals surface area contributed by atoms with Crippen molar-refractivity contribution in [3.05, 3.63) is 64.6 Å². The second-order valence-corrected chi connectivity index (χ2v) is 6.02. The molecule has 2 aromatic carbocycles. The lowest BCUT2D eigenvalue weighted by atomic mass is 10.1. The van der Waals surface area contributed by atoms with Gasteiger partial charge in [-0.3, -0.25) is 4.79 Å². The summed E-state index contributed by atoms with van der Waals surface area (Å²) in [7, 11) is 0. The van der Waals surface area contributed by atoms with E-state index >= 15 is 0 Å². The third-order valence-electron chi connectivity index (χ3n) is 4.26. The van der Waals surface area contributed by atoms with E-state index in [1.165, 1.54) is 0 Å². The zero-order valence-corrected chi connectivity index (χ0v) is 14.4. The van der Waals surface area contributed by atoms with Gasteiger partial charge in [0.05, 0.1) is 23.6 Å². The third-order valence-corrected chi connectivity index (χ3v) is 4.26. The summed E-state index contributed by atoms with van der Waals surface area (Å²) in [5.41, 5.74) is 3.24. The van der Waals surface area contributed by atoms with Gasteiger partial charge >= 0.3 is 5.69 Å². The number of hydrogen-bond acceptors (Lipinski definition) is 3. The maximum Gasteiger partial charge on any atom is 0.323 e. The van der Waals surface area contributed by atoms with Gasteiger partial charge in [-0.15, -0.1) is 0 Å². The summed E-state index contributed by atoms with van der Waals surface area (Å²) in [4.78, 5) is 31.2. The van der Waals surface area contributed by atoms with E-state index in [9.17, 15) is 9.59 Å². The van der Waals surface area contributed by atoms with Crippen LogP contribution in [0.2, 0.25) is 0 Å². The molecule has 0 fully saturated rings. The summed E-state index contributed by atoms with van der Waals surface area (Å²) in [6.07, 6.45) is 0. The standard InChI is InChI=1S/C19H22N4O2/c1-3-23(15-7-5-4-6-8-15)12-18(24)20-13(2)14-9-10-16-17(11-14)22-19(25)21-16/h4-11,13H,3,12H2,1-2H3,(H,20,24)(H2,21,22,25)/t13-/m0/s1. The highest BCUT2D eigenvalue weighted by Gasteiger charge is 2.14. The molecule has 1 heterocycles. The van der Waals surface area contributed by atoms with Crippen LogP contribution in [0.25, 0.3) is 11.0 Å². The number of H-pyrrole nitrogens is 2. The van der Waals surface area contributed by atoms with Crippen LogP contribution in [0.15, 0.2) is 53.3 Å². The number of amides is 1. The van der Waals surface area contributed by atoms with Crippen molar-refractivity contribution in [1.82, 2.24) is 15.3 Å². The number of aromatic nitrogens is 2. The van der Waals surface area contributed by atoms with E-state index in [2.05, 4.69) is 15.3 Å². The molecule has 0 saturated carbocycles. The van der Waals surface area contributed by atoms with Crippen LogP contribution in [0.5, 0.6) is 0 Å².